The van der Waals surface area contributed by atoms with E-state index in [-0.39, 0.29) is 0 Å². The average Bonchev–Trinajstić information content (AvgIpc) is 3.37. The molecule has 0 saturated heterocycles. The largest absolute Gasteiger partial charge is 0.456 e. The molecule has 8 rings (SSSR count). The molecule has 5 heteroatoms. The zero-order chi connectivity index (χ0) is 25.8. The number of nitrogens with zero attached hydrogens (tertiary/aromatic N) is 4. The van der Waals surface area contributed by atoms with Gasteiger partial charge >= 0.3 is 0 Å². The van der Waals surface area contributed by atoms with Gasteiger partial charge in [0, 0.05) is 45.2 Å². The van der Waals surface area contributed by atoms with Gasteiger partial charge in [0.05, 0.1) is 0 Å². The molecule has 0 amide bonds. The van der Waals surface area contributed by atoms with E-state index in [1.807, 2.05) is 79.1 Å². The molecular formula is C34H20N4O. The Labute approximate surface area is 223 Å². The van der Waals surface area contributed by atoms with Gasteiger partial charge in [0.1, 0.15) is 11.2 Å². The SMILES string of the molecule is c1ccc(-c2nc(-c3ccc4ccccc4c3)nc(-c3cccc4oc5cc6cnccc6cc5c34)n2)cc1. The number of pyridine rings is 1. The van der Waals surface area contributed by atoms with Gasteiger partial charge in [-0.25, -0.2) is 15.0 Å². The molecule has 0 spiro atoms. The highest BCUT2D eigenvalue weighted by molar-refractivity contribution is 6.15. The summed E-state index contributed by atoms with van der Waals surface area (Å²) in [5.74, 6) is 1.87. The number of hydrogen-bond donors (Lipinski definition) is 0. The lowest BCUT2D eigenvalue weighted by atomic mass is 10.0. The predicted octanol–water partition coefficient (Wildman–Crippen LogP) is 8.47. The van der Waals surface area contributed by atoms with Crippen LogP contribution in [0.15, 0.2) is 126 Å². The van der Waals surface area contributed by atoms with Gasteiger partial charge in [0.2, 0.25) is 0 Å². The molecule has 3 aromatic heterocycles. The Morgan fingerprint density at radius 1 is 0.487 bits per heavy atom. The number of fused-ring (bicyclic) bond motifs is 5. The zero-order valence-corrected chi connectivity index (χ0v) is 20.7. The number of aromatic nitrogens is 4. The van der Waals surface area contributed by atoms with Crippen LogP contribution in [0, 0.1) is 0 Å². The minimum absolute atomic E-state index is 0.607. The van der Waals surface area contributed by atoms with E-state index in [0.29, 0.717) is 17.5 Å². The van der Waals surface area contributed by atoms with Crippen molar-refractivity contribution in [1.82, 2.24) is 19.9 Å². The molecule has 8 aromatic rings. The monoisotopic (exact) mass is 500 g/mol. The predicted molar refractivity (Wildman–Crippen MR) is 156 cm³/mol. The lowest BCUT2D eigenvalue weighted by Crippen LogP contribution is -2.00. The Morgan fingerprint density at radius 3 is 2.15 bits per heavy atom. The van der Waals surface area contributed by atoms with Crippen LogP contribution in [-0.4, -0.2) is 19.9 Å². The normalized spacial score (nSPS) is 11.6. The van der Waals surface area contributed by atoms with Crippen LogP contribution in [0.1, 0.15) is 0 Å². The second kappa shape index (κ2) is 8.57. The Morgan fingerprint density at radius 2 is 1.26 bits per heavy atom. The molecule has 0 aliphatic rings. The number of rotatable bonds is 3. The summed E-state index contributed by atoms with van der Waals surface area (Å²) in [6.07, 6.45) is 3.67. The molecule has 0 unspecified atom stereocenters. The second-order valence-electron chi connectivity index (χ2n) is 9.59. The van der Waals surface area contributed by atoms with Crippen LogP contribution in [0.5, 0.6) is 0 Å². The van der Waals surface area contributed by atoms with Crippen molar-refractivity contribution in [3.8, 4) is 34.2 Å². The summed E-state index contributed by atoms with van der Waals surface area (Å²) in [4.78, 5) is 19.2. The molecule has 0 radical (unpaired) electrons. The molecule has 3 heterocycles. The number of hydrogen-bond acceptors (Lipinski definition) is 5. The molecule has 182 valence electrons. The Balaban J connectivity index is 1.41. The molecule has 5 nitrogen and oxygen atoms in total. The molecule has 0 N–H and O–H groups in total. The van der Waals surface area contributed by atoms with Crippen molar-refractivity contribution in [3.63, 3.8) is 0 Å². The third-order valence-electron chi connectivity index (χ3n) is 7.17. The minimum Gasteiger partial charge on any atom is -0.456 e. The first-order valence-corrected chi connectivity index (χ1v) is 12.8. The van der Waals surface area contributed by atoms with Gasteiger partial charge < -0.3 is 4.42 Å². The van der Waals surface area contributed by atoms with Crippen molar-refractivity contribution in [2.24, 2.45) is 0 Å². The van der Waals surface area contributed by atoms with Crippen LogP contribution >= 0.6 is 0 Å². The molecule has 0 atom stereocenters. The van der Waals surface area contributed by atoms with Crippen LogP contribution in [0.3, 0.4) is 0 Å². The summed E-state index contributed by atoms with van der Waals surface area (Å²) >= 11 is 0. The van der Waals surface area contributed by atoms with Crippen molar-refractivity contribution < 1.29 is 4.42 Å². The van der Waals surface area contributed by atoms with Crippen molar-refractivity contribution in [2.45, 2.75) is 0 Å². The number of furan rings is 1. The van der Waals surface area contributed by atoms with Gasteiger partial charge in [-0.1, -0.05) is 78.9 Å². The molecule has 5 aromatic carbocycles. The van der Waals surface area contributed by atoms with Crippen LogP contribution < -0.4 is 0 Å². The van der Waals surface area contributed by atoms with E-state index < -0.39 is 0 Å². The fourth-order valence-corrected chi connectivity index (χ4v) is 5.26. The van der Waals surface area contributed by atoms with Gasteiger partial charge in [-0.2, -0.15) is 0 Å². The highest BCUT2D eigenvalue weighted by Gasteiger charge is 2.18. The topological polar surface area (TPSA) is 64.7 Å². The van der Waals surface area contributed by atoms with E-state index in [2.05, 4.69) is 47.4 Å². The van der Waals surface area contributed by atoms with Crippen molar-refractivity contribution in [3.05, 3.63) is 122 Å². The van der Waals surface area contributed by atoms with Crippen molar-refractivity contribution in [2.75, 3.05) is 0 Å². The average molecular weight is 501 g/mol. The van der Waals surface area contributed by atoms with Crippen LogP contribution in [0.2, 0.25) is 0 Å². The highest BCUT2D eigenvalue weighted by Crippen LogP contribution is 2.38. The third kappa shape index (κ3) is 3.63. The van der Waals surface area contributed by atoms with E-state index in [4.69, 9.17) is 19.4 Å². The fourth-order valence-electron chi connectivity index (χ4n) is 5.26. The number of benzene rings is 5. The minimum atomic E-state index is 0.607. The van der Waals surface area contributed by atoms with Gasteiger partial charge in [0.25, 0.3) is 0 Å². The third-order valence-corrected chi connectivity index (χ3v) is 7.17. The van der Waals surface area contributed by atoms with E-state index >= 15 is 0 Å². The van der Waals surface area contributed by atoms with E-state index in [1.165, 1.54) is 5.39 Å². The van der Waals surface area contributed by atoms with E-state index in [0.717, 1.165) is 54.8 Å². The van der Waals surface area contributed by atoms with Crippen molar-refractivity contribution in [1.29, 1.82) is 0 Å². The molecule has 0 fully saturated rings. The molecule has 39 heavy (non-hydrogen) atoms. The van der Waals surface area contributed by atoms with Gasteiger partial charge in [-0.05, 0) is 46.5 Å². The fraction of sp³-hybridized carbons (Fsp3) is 0. The van der Waals surface area contributed by atoms with Gasteiger partial charge in [-0.15, -0.1) is 0 Å². The van der Waals surface area contributed by atoms with Crippen molar-refractivity contribution >= 4 is 43.5 Å². The second-order valence-corrected chi connectivity index (χ2v) is 9.59. The Hall–Kier alpha value is -5.42. The van der Waals surface area contributed by atoms with E-state index in [9.17, 15) is 0 Å². The van der Waals surface area contributed by atoms with Crippen LogP contribution in [0.4, 0.5) is 0 Å². The van der Waals surface area contributed by atoms with Gasteiger partial charge in [-0.3, -0.25) is 4.98 Å². The van der Waals surface area contributed by atoms with E-state index in [1.54, 1.807) is 0 Å². The first-order valence-electron chi connectivity index (χ1n) is 12.8. The summed E-state index contributed by atoms with van der Waals surface area (Å²) in [5, 5.41) is 6.47. The lowest BCUT2D eigenvalue weighted by molar-refractivity contribution is 0.669. The molecular weight excluding hydrogens is 480 g/mol. The molecule has 0 aliphatic heterocycles. The molecule has 0 aliphatic carbocycles. The van der Waals surface area contributed by atoms with Crippen LogP contribution in [0.25, 0.3) is 77.6 Å². The summed E-state index contributed by atoms with van der Waals surface area (Å²) in [7, 11) is 0. The maximum absolute atomic E-state index is 6.30. The summed E-state index contributed by atoms with van der Waals surface area (Å²) in [5.41, 5.74) is 4.38. The molecule has 0 bridgehead atoms. The summed E-state index contributed by atoms with van der Waals surface area (Å²) < 4.78 is 6.30. The first kappa shape index (κ1) is 21.6. The lowest BCUT2D eigenvalue weighted by Gasteiger charge is -2.10. The highest BCUT2D eigenvalue weighted by atomic mass is 16.3. The maximum atomic E-state index is 6.30. The van der Waals surface area contributed by atoms with Gasteiger partial charge in [0.15, 0.2) is 17.5 Å². The standard InChI is InChI=1S/C34H20N4O/c1-2-8-22(9-3-1)32-36-33(25-14-13-21-7-4-5-10-23(21)17-25)38-34(37-32)27-11-6-12-29-31(27)28-18-24-15-16-35-20-26(24)19-30(28)39-29/h1-20H. The summed E-state index contributed by atoms with van der Waals surface area (Å²) in [6.45, 7) is 0. The maximum Gasteiger partial charge on any atom is 0.164 e. The van der Waals surface area contributed by atoms with Crippen LogP contribution in [-0.2, 0) is 0 Å². The smallest absolute Gasteiger partial charge is 0.164 e. The Bertz CT molecular complexity index is 2180. The first-order chi connectivity index (χ1) is 19.3. The zero-order valence-electron chi connectivity index (χ0n) is 20.7. The Kier molecular flexibility index (Phi) is 4.76. The summed E-state index contributed by atoms with van der Waals surface area (Å²) in [6, 6.07) is 36.9. The quantitative estimate of drug-likeness (QED) is 0.243. The molecule has 0 saturated carbocycles.